The van der Waals surface area contributed by atoms with Crippen molar-refractivity contribution in [1.29, 1.82) is 0 Å². The van der Waals surface area contributed by atoms with E-state index in [-0.39, 0.29) is 0 Å². The van der Waals surface area contributed by atoms with Gasteiger partial charge in [-0.2, -0.15) is 0 Å². The molecule has 1 rings (SSSR count). The lowest BCUT2D eigenvalue weighted by atomic mass is 10.5. The molecular formula is C5H5N4+. The molecule has 0 saturated heterocycles. The molecule has 0 fully saturated rings. The van der Waals surface area contributed by atoms with Gasteiger partial charge in [-0.3, -0.25) is 0 Å². The lowest BCUT2D eigenvalue weighted by Gasteiger charge is -1.75. The average Bonchev–Trinajstić information content (AvgIpc) is 1.91. The maximum absolute atomic E-state index is 7.96. The molecule has 1 heterocycles. The molecule has 0 radical (unpaired) electrons. The molecule has 0 atom stereocenters. The fourth-order valence-electron chi connectivity index (χ4n) is 0.495. The second-order valence-corrected chi connectivity index (χ2v) is 1.43. The van der Waals surface area contributed by atoms with Crippen molar-refractivity contribution in [1.82, 2.24) is 0 Å². The van der Waals surface area contributed by atoms with E-state index in [9.17, 15) is 0 Å². The first-order valence-corrected chi connectivity index (χ1v) is 2.45. The zero-order valence-corrected chi connectivity index (χ0v) is 4.68. The molecule has 0 aromatic carbocycles. The lowest BCUT2D eigenvalue weighted by Crippen LogP contribution is -2.23. The zero-order valence-electron chi connectivity index (χ0n) is 4.68. The summed E-state index contributed by atoms with van der Waals surface area (Å²) in [5.74, 6) is 0. The van der Waals surface area contributed by atoms with E-state index < -0.39 is 0 Å². The molecule has 1 aromatic heterocycles. The number of aromatic nitrogens is 1. The van der Waals surface area contributed by atoms with Gasteiger partial charge in [-0.05, 0) is 0 Å². The monoisotopic (exact) mass is 121 g/mol. The van der Waals surface area contributed by atoms with E-state index in [1.54, 1.807) is 24.5 Å². The summed E-state index contributed by atoms with van der Waals surface area (Å²) in [6.07, 6.45) is 3.33. The number of hydrogen-bond donors (Lipinski definition) is 0. The Morgan fingerprint density at radius 1 is 1.22 bits per heavy atom. The minimum Gasteiger partial charge on any atom is -0.0834 e. The number of hydrogen-bond acceptors (Lipinski definition) is 1. The van der Waals surface area contributed by atoms with Crippen LogP contribution >= 0.6 is 0 Å². The summed E-state index contributed by atoms with van der Waals surface area (Å²) in [5.41, 5.74) is 7.96. The van der Waals surface area contributed by atoms with Crippen LogP contribution in [0.2, 0.25) is 0 Å². The third-order valence-corrected chi connectivity index (χ3v) is 0.843. The minimum atomic E-state index is 1.39. The molecule has 0 bridgehead atoms. The Labute approximate surface area is 52.0 Å². The Morgan fingerprint density at radius 3 is 2.44 bits per heavy atom. The van der Waals surface area contributed by atoms with Crippen LogP contribution in [0.1, 0.15) is 0 Å². The van der Waals surface area contributed by atoms with Crippen molar-refractivity contribution in [3.05, 3.63) is 41.0 Å². The predicted molar refractivity (Wildman–Crippen MR) is 31.2 cm³/mol. The molecule has 0 aliphatic heterocycles. The van der Waals surface area contributed by atoms with E-state index in [0.717, 1.165) is 0 Å². The van der Waals surface area contributed by atoms with Crippen LogP contribution in [0.15, 0.2) is 35.8 Å². The largest absolute Gasteiger partial charge is 0.203 e. The van der Waals surface area contributed by atoms with Crippen molar-refractivity contribution in [2.45, 2.75) is 0 Å². The first kappa shape index (κ1) is 5.59. The number of rotatable bonds is 1. The Morgan fingerprint density at radius 2 is 1.89 bits per heavy atom. The van der Waals surface area contributed by atoms with Gasteiger partial charge in [0.1, 0.15) is 0 Å². The standard InChI is InChI=1S/C5H5N4/c6-7-8-9-4-2-1-3-5-9/h1-5H/q+1. The van der Waals surface area contributed by atoms with Crippen LogP contribution in [0.3, 0.4) is 0 Å². The second kappa shape index (κ2) is 2.69. The van der Waals surface area contributed by atoms with E-state index in [1.165, 1.54) is 4.68 Å². The molecule has 0 amide bonds. The maximum Gasteiger partial charge on any atom is 0.203 e. The van der Waals surface area contributed by atoms with Gasteiger partial charge >= 0.3 is 0 Å². The summed E-state index contributed by atoms with van der Waals surface area (Å²) in [5, 5.41) is 3.30. The normalized spacial score (nSPS) is 8.00. The molecule has 0 aliphatic carbocycles. The molecule has 0 aliphatic rings. The Bertz CT molecular complexity index is 224. The van der Waals surface area contributed by atoms with E-state index in [4.69, 9.17) is 5.53 Å². The maximum atomic E-state index is 7.96. The molecule has 9 heavy (non-hydrogen) atoms. The summed E-state index contributed by atoms with van der Waals surface area (Å²) in [6, 6.07) is 5.42. The molecule has 0 N–H and O–H groups in total. The third-order valence-electron chi connectivity index (χ3n) is 0.843. The number of pyridine rings is 1. The molecule has 0 unspecified atom stereocenters. The number of nitrogens with zero attached hydrogens (tertiary/aromatic N) is 4. The first-order valence-electron chi connectivity index (χ1n) is 2.45. The van der Waals surface area contributed by atoms with Gasteiger partial charge in [0.25, 0.3) is 0 Å². The third kappa shape index (κ3) is 1.44. The Hall–Kier alpha value is -1.54. The summed E-state index contributed by atoms with van der Waals surface area (Å²) in [4.78, 5) is 2.59. The highest BCUT2D eigenvalue weighted by Gasteiger charge is 1.87. The highest BCUT2D eigenvalue weighted by atomic mass is 15.4. The summed E-state index contributed by atoms with van der Waals surface area (Å²) >= 11 is 0. The van der Waals surface area contributed by atoms with Crippen molar-refractivity contribution in [3.63, 3.8) is 0 Å². The van der Waals surface area contributed by atoms with E-state index in [2.05, 4.69) is 10.1 Å². The lowest BCUT2D eigenvalue weighted by molar-refractivity contribution is -0.681. The van der Waals surface area contributed by atoms with Crippen LogP contribution in [0.4, 0.5) is 0 Å². The molecule has 44 valence electrons. The predicted octanol–water partition coefficient (Wildman–Crippen LogP) is 1.05. The van der Waals surface area contributed by atoms with Gasteiger partial charge in [-0.25, -0.2) is 0 Å². The van der Waals surface area contributed by atoms with Gasteiger partial charge in [0, 0.05) is 17.7 Å². The summed E-state index contributed by atoms with van der Waals surface area (Å²) in [6.45, 7) is 0. The van der Waals surface area contributed by atoms with Gasteiger partial charge < -0.3 is 0 Å². The van der Waals surface area contributed by atoms with Crippen LogP contribution in [-0.2, 0) is 0 Å². The van der Waals surface area contributed by atoms with E-state index in [1.807, 2.05) is 6.07 Å². The van der Waals surface area contributed by atoms with E-state index >= 15 is 0 Å². The van der Waals surface area contributed by atoms with Crippen LogP contribution in [-0.4, -0.2) is 0 Å². The summed E-state index contributed by atoms with van der Waals surface area (Å²) < 4.78 is 1.39. The highest BCUT2D eigenvalue weighted by molar-refractivity contribution is 4.83. The van der Waals surface area contributed by atoms with Gasteiger partial charge in [0.2, 0.25) is 5.22 Å². The summed E-state index contributed by atoms with van der Waals surface area (Å²) in [7, 11) is 0. The second-order valence-electron chi connectivity index (χ2n) is 1.43. The molecule has 1 aromatic rings. The average molecular weight is 121 g/mol. The van der Waals surface area contributed by atoms with Crippen molar-refractivity contribution in [3.8, 4) is 0 Å². The van der Waals surface area contributed by atoms with Crippen molar-refractivity contribution in [2.24, 2.45) is 5.22 Å². The molecular weight excluding hydrogens is 116 g/mol. The fourth-order valence-corrected chi connectivity index (χ4v) is 0.495. The smallest absolute Gasteiger partial charge is 0.0834 e. The topological polar surface area (TPSA) is 52.6 Å². The molecule has 4 heteroatoms. The fraction of sp³-hybridized carbons (Fsp3) is 0. The zero-order chi connectivity index (χ0) is 6.53. The minimum absolute atomic E-state index is 1.39. The van der Waals surface area contributed by atoms with Crippen molar-refractivity contribution >= 4 is 0 Å². The quantitative estimate of drug-likeness (QED) is 0.231. The van der Waals surface area contributed by atoms with Crippen molar-refractivity contribution in [2.75, 3.05) is 0 Å². The first-order chi connectivity index (χ1) is 4.43. The highest BCUT2D eigenvalue weighted by Crippen LogP contribution is 1.75. The Kier molecular flexibility index (Phi) is 1.67. The number of azide groups is 1. The van der Waals surface area contributed by atoms with Gasteiger partial charge in [0.05, 0.1) is 4.91 Å². The van der Waals surface area contributed by atoms with E-state index in [0.29, 0.717) is 0 Å². The Balaban J connectivity index is 2.97. The SMILES string of the molecule is [N-]=[N+]=N[n+]1ccccc1. The van der Waals surface area contributed by atoms with Crippen molar-refractivity contribution < 1.29 is 4.68 Å². The van der Waals surface area contributed by atoms with Crippen LogP contribution < -0.4 is 4.68 Å². The molecule has 0 saturated carbocycles. The molecule has 0 spiro atoms. The van der Waals surface area contributed by atoms with Crippen LogP contribution in [0.25, 0.3) is 10.4 Å². The van der Waals surface area contributed by atoms with Gasteiger partial charge in [0.15, 0.2) is 12.4 Å². The van der Waals surface area contributed by atoms with Gasteiger partial charge in [-0.15, -0.1) is 0 Å². The van der Waals surface area contributed by atoms with Crippen LogP contribution in [0, 0.1) is 0 Å². The molecule has 4 nitrogen and oxygen atoms in total. The van der Waals surface area contributed by atoms with Crippen LogP contribution in [0.5, 0.6) is 0 Å². The van der Waals surface area contributed by atoms with Gasteiger partial charge in [-0.1, -0.05) is 10.7 Å².